The summed E-state index contributed by atoms with van der Waals surface area (Å²) in [5, 5.41) is 0.743. The molecule has 3 nitrogen and oxygen atoms in total. The average molecular weight is 338 g/mol. The number of halogens is 1. The van der Waals surface area contributed by atoms with Crippen molar-refractivity contribution in [3.05, 3.63) is 0 Å². The molecule has 0 unspecified atom stereocenters. The maximum absolute atomic E-state index is 12.5. The molecule has 0 bridgehead atoms. The molecule has 0 saturated heterocycles. The van der Waals surface area contributed by atoms with Crippen LogP contribution in [-0.2, 0) is 10.0 Å². The first-order valence-electron chi connectivity index (χ1n) is 7.19. The van der Waals surface area contributed by atoms with Crippen LogP contribution in [0.25, 0.3) is 0 Å². The second kappa shape index (κ2) is 6.71. The molecule has 0 radical (unpaired) electrons. The lowest BCUT2D eigenvalue weighted by Crippen LogP contribution is -2.47. The zero-order chi connectivity index (χ0) is 13.0. The van der Waals surface area contributed by atoms with E-state index in [1.54, 1.807) is 4.31 Å². The first-order valence-corrected chi connectivity index (χ1v) is 9.92. The summed E-state index contributed by atoms with van der Waals surface area (Å²) in [4.78, 5) is 0. The van der Waals surface area contributed by atoms with Crippen LogP contribution in [-0.4, -0.2) is 36.4 Å². The van der Waals surface area contributed by atoms with Gasteiger partial charge in [0.2, 0.25) is 10.0 Å². The van der Waals surface area contributed by atoms with Gasteiger partial charge in [-0.25, -0.2) is 8.42 Å². The number of hydrogen-bond acceptors (Lipinski definition) is 2. The molecule has 0 aliphatic heterocycles. The Morgan fingerprint density at radius 1 is 1.00 bits per heavy atom. The Labute approximate surface area is 119 Å². The molecule has 5 heteroatoms. The minimum absolute atomic E-state index is 0.288. The topological polar surface area (TPSA) is 37.4 Å². The molecular weight excluding hydrogens is 314 g/mol. The molecule has 0 spiro atoms. The third kappa shape index (κ3) is 3.70. The molecule has 106 valence electrons. The lowest BCUT2D eigenvalue weighted by molar-refractivity contribution is 0.226. The number of sulfonamides is 1. The Balaban J connectivity index is 1.97. The van der Waals surface area contributed by atoms with Crippen molar-refractivity contribution in [3.63, 3.8) is 0 Å². The fraction of sp³-hybridized carbons (Fsp3) is 1.00. The summed E-state index contributed by atoms with van der Waals surface area (Å²) in [6, 6.07) is 0.288. The van der Waals surface area contributed by atoms with Crippen LogP contribution in [0.15, 0.2) is 0 Å². The van der Waals surface area contributed by atoms with E-state index in [1.807, 2.05) is 0 Å². The first kappa shape index (κ1) is 14.8. The molecule has 0 aromatic carbocycles. The van der Waals surface area contributed by atoms with Crippen LogP contribution in [0.2, 0.25) is 0 Å². The number of hydrogen-bond donors (Lipinski definition) is 0. The number of alkyl halides is 1. The maximum atomic E-state index is 12.5. The van der Waals surface area contributed by atoms with Gasteiger partial charge in [-0.05, 0) is 31.6 Å². The third-order valence-corrected chi connectivity index (χ3v) is 6.76. The molecule has 18 heavy (non-hydrogen) atoms. The fourth-order valence-electron chi connectivity index (χ4n) is 3.05. The standard InChI is InChI=1S/C13H24BrNO2S/c14-9-10-15(13-7-4-8-13)18(16,17)11-12-5-2-1-3-6-12/h12-13H,1-11H2. The van der Waals surface area contributed by atoms with E-state index in [9.17, 15) is 8.42 Å². The number of rotatable bonds is 6. The summed E-state index contributed by atoms with van der Waals surface area (Å²) in [5.74, 6) is 0.790. The van der Waals surface area contributed by atoms with Crippen LogP contribution in [0, 0.1) is 5.92 Å². The summed E-state index contributed by atoms with van der Waals surface area (Å²) in [6.45, 7) is 0.639. The Bertz CT molecular complexity index is 348. The predicted octanol–water partition coefficient (Wildman–Crippen LogP) is 3.15. The van der Waals surface area contributed by atoms with Gasteiger partial charge < -0.3 is 0 Å². The van der Waals surface area contributed by atoms with Gasteiger partial charge in [0.25, 0.3) is 0 Å². The third-order valence-electron chi connectivity index (χ3n) is 4.32. The molecule has 2 fully saturated rings. The van der Waals surface area contributed by atoms with E-state index in [0.717, 1.165) is 31.0 Å². The van der Waals surface area contributed by atoms with E-state index in [2.05, 4.69) is 15.9 Å². The largest absolute Gasteiger partial charge is 0.214 e. The Morgan fingerprint density at radius 2 is 1.67 bits per heavy atom. The molecule has 0 heterocycles. The van der Waals surface area contributed by atoms with Crippen LogP contribution in [0.4, 0.5) is 0 Å². The van der Waals surface area contributed by atoms with Gasteiger partial charge in [0.15, 0.2) is 0 Å². The van der Waals surface area contributed by atoms with E-state index in [-0.39, 0.29) is 6.04 Å². The molecule has 0 aromatic heterocycles. The highest BCUT2D eigenvalue weighted by Gasteiger charge is 2.34. The first-order chi connectivity index (χ1) is 8.63. The Kier molecular flexibility index (Phi) is 5.51. The van der Waals surface area contributed by atoms with E-state index < -0.39 is 10.0 Å². The van der Waals surface area contributed by atoms with Gasteiger partial charge in [-0.1, -0.05) is 41.6 Å². The average Bonchev–Trinajstić information content (AvgIpc) is 2.27. The molecular formula is C13H24BrNO2S. The van der Waals surface area contributed by atoms with Gasteiger partial charge in [0.1, 0.15) is 0 Å². The van der Waals surface area contributed by atoms with Crippen molar-refractivity contribution >= 4 is 26.0 Å². The molecule has 0 amide bonds. The van der Waals surface area contributed by atoms with E-state index in [0.29, 0.717) is 18.2 Å². The minimum atomic E-state index is -3.04. The van der Waals surface area contributed by atoms with E-state index in [4.69, 9.17) is 0 Å². The van der Waals surface area contributed by atoms with Crippen molar-refractivity contribution in [2.75, 3.05) is 17.6 Å². The van der Waals surface area contributed by atoms with Crippen molar-refractivity contribution in [2.45, 2.75) is 57.4 Å². The van der Waals surface area contributed by atoms with Crippen LogP contribution < -0.4 is 0 Å². The highest BCUT2D eigenvalue weighted by atomic mass is 79.9. The van der Waals surface area contributed by atoms with Crippen molar-refractivity contribution in [1.82, 2.24) is 4.31 Å². The SMILES string of the molecule is O=S(=O)(CC1CCCCC1)N(CCBr)C1CCC1. The normalized spacial score (nSPS) is 23.2. The van der Waals surface area contributed by atoms with Gasteiger partial charge >= 0.3 is 0 Å². The van der Waals surface area contributed by atoms with Crippen LogP contribution in [0.3, 0.4) is 0 Å². The molecule has 2 saturated carbocycles. The lowest BCUT2D eigenvalue weighted by Gasteiger charge is -2.37. The maximum Gasteiger partial charge on any atom is 0.214 e. The zero-order valence-corrected chi connectivity index (χ0v) is 13.4. The molecule has 0 N–H and O–H groups in total. The van der Waals surface area contributed by atoms with E-state index in [1.165, 1.54) is 25.7 Å². The Morgan fingerprint density at radius 3 is 2.17 bits per heavy atom. The van der Waals surface area contributed by atoms with Crippen LogP contribution in [0.1, 0.15) is 51.4 Å². The molecule has 0 aromatic rings. The summed E-state index contributed by atoms with van der Waals surface area (Å²) >= 11 is 3.38. The predicted molar refractivity (Wildman–Crippen MR) is 78.5 cm³/mol. The van der Waals surface area contributed by atoms with Crippen LogP contribution >= 0.6 is 15.9 Å². The molecule has 2 aliphatic carbocycles. The summed E-state index contributed by atoms with van der Waals surface area (Å²) in [5.41, 5.74) is 0. The van der Waals surface area contributed by atoms with Crippen molar-refractivity contribution in [3.8, 4) is 0 Å². The smallest absolute Gasteiger partial charge is 0.212 e. The van der Waals surface area contributed by atoms with Gasteiger partial charge in [-0.3, -0.25) is 0 Å². The monoisotopic (exact) mass is 337 g/mol. The molecule has 0 atom stereocenters. The quantitative estimate of drug-likeness (QED) is 0.698. The molecule has 2 rings (SSSR count). The zero-order valence-electron chi connectivity index (χ0n) is 11.0. The Hall–Kier alpha value is 0.390. The van der Waals surface area contributed by atoms with Gasteiger partial charge in [0.05, 0.1) is 5.75 Å². The second-order valence-corrected chi connectivity index (χ2v) is 8.43. The van der Waals surface area contributed by atoms with Crippen molar-refractivity contribution in [1.29, 1.82) is 0 Å². The fourth-order valence-corrected chi connectivity index (χ4v) is 5.83. The van der Waals surface area contributed by atoms with E-state index >= 15 is 0 Å². The minimum Gasteiger partial charge on any atom is -0.212 e. The highest BCUT2D eigenvalue weighted by molar-refractivity contribution is 9.09. The van der Waals surface area contributed by atoms with Crippen molar-refractivity contribution in [2.24, 2.45) is 5.92 Å². The van der Waals surface area contributed by atoms with Crippen molar-refractivity contribution < 1.29 is 8.42 Å². The van der Waals surface area contributed by atoms with Gasteiger partial charge in [-0.2, -0.15) is 4.31 Å². The van der Waals surface area contributed by atoms with Gasteiger partial charge in [0, 0.05) is 17.9 Å². The second-order valence-electron chi connectivity index (χ2n) is 5.67. The summed E-state index contributed by atoms with van der Waals surface area (Å²) in [6.07, 6.45) is 9.20. The highest BCUT2D eigenvalue weighted by Crippen LogP contribution is 2.30. The summed E-state index contributed by atoms with van der Waals surface area (Å²) < 4.78 is 26.8. The number of nitrogens with zero attached hydrogens (tertiary/aromatic N) is 1. The van der Waals surface area contributed by atoms with Crippen LogP contribution in [0.5, 0.6) is 0 Å². The summed E-state index contributed by atoms with van der Waals surface area (Å²) in [7, 11) is -3.04. The molecule has 2 aliphatic rings. The lowest BCUT2D eigenvalue weighted by atomic mass is 9.91. The van der Waals surface area contributed by atoms with Gasteiger partial charge in [-0.15, -0.1) is 0 Å².